The first-order valence-corrected chi connectivity index (χ1v) is 4.95. The second-order valence-corrected chi connectivity index (χ2v) is 4.09. The molecule has 1 saturated carbocycles. The van der Waals surface area contributed by atoms with E-state index in [2.05, 4.69) is 5.43 Å². The van der Waals surface area contributed by atoms with Crippen molar-refractivity contribution in [1.29, 1.82) is 0 Å². The number of rotatable bonds is 1. The molecule has 1 atom stereocenters. The van der Waals surface area contributed by atoms with Gasteiger partial charge in [-0.1, -0.05) is 12.8 Å². The molecule has 0 amide bonds. The van der Waals surface area contributed by atoms with E-state index < -0.39 is 0 Å². The van der Waals surface area contributed by atoms with Crippen molar-refractivity contribution < 1.29 is 4.74 Å². The number of halogens is 2. The molecule has 0 aromatic heterocycles. The molecule has 5 heteroatoms. The zero-order chi connectivity index (χ0) is 8.44. The van der Waals surface area contributed by atoms with Gasteiger partial charge in [-0.3, -0.25) is 11.3 Å². The molecule has 2 rings (SSSR count). The standard InChI is InChI=1S/C9H18N2O.2ClH/c10-11-8-3-6-12-9(7-8)4-1-2-5-9;;/h8,11H,1-7,10H2;2*1H. The highest BCUT2D eigenvalue weighted by atomic mass is 35.5. The smallest absolute Gasteiger partial charge is 0.0697 e. The normalized spacial score (nSPS) is 29.4. The third-order valence-electron chi connectivity index (χ3n) is 3.24. The van der Waals surface area contributed by atoms with E-state index in [-0.39, 0.29) is 30.4 Å². The van der Waals surface area contributed by atoms with Gasteiger partial charge in [-0.05, 0) is 25.7 Å². The summed E-state index contributed by atoms with van der Waals surface area (Å²) in [7, 11) is 0. The average Bonchev–Trinajstić information content (AvgIpc) is 2.53. The predicted molar refractivity (Wildman–Crippen MR) is 62.0 cm³/mol. The topological polar surface area (TPSA) is 47.3 Å². The van der Waals surface area contributed by atoms with Crippen molar-refractivity contribution in [2.45, 2.75) is 50.2 Å². The van der Waals surface area contributed by atoms with Crippen LogP contribution in [-0.4, -0.2) is 18.2 Å². The molecule has 0 radical (unpaired) electrons. The quantitative estimate of drug-likeness (QED) is 0.545. The summed E-state index contributed by atoms with van der Waals surface area (Å²) >= 11 is 0. The van der Waals surface area contributed by atoms with Gasteiger partial charge in [0.1, 0.15) is 0 Å². The minimum absolute atomic E-state index is 0. The molecule has 3 N–H and O–H groups in total. The SMILES string of the molecule is Cl.Cl.NNC1CCOC2(CCCC2)C1. The van der Waals surface area contributed by atoms with Crippen LogP contribution in [0.5, 0.6) is 0 Å². The molecule has 0 aromatic rings. The lowest BCUT2D eigenvalue weighted by Gasteiger charge is -2.37. The van der Waals surface area contributed by atoms with Crippen LogP contribution in [0.1, 0.15) is 38.5 Å². The molecule has 1 heterocycles. The first kappa shape index (κ1) is 14.5. The molecule has 14 heavy (non-hydrogen) atoms. The van der Waals surface area contributed by atoms with E-state index in [4.69, 9.17) is 10.6 Å². The van der Waals surface area contributed by atoms with E-state index >= 15 is 0 Å². The van der Waals surface area contributed by atoms with Crippen molar-refractivity contribution in [2.24, 2.45) is 5.84 Å². The molecule has 3 nitrogen and oxygen atoms in total. The first-order valence-electron chi connectivity index (χ1n) is 4.95. The maximum Gasteiger partial charge on any atom is 0.0697 e. The van der Waals surface area contributed by atoms with Crippen molar-refractivity contribution in [3.05, 3.63) is 0 Å². The number of ether oxygens (including phenoxy) is 1. The number of hydrogen-bond donors (Lipinski definition) is 2. The molecule has 1 saturated heterocycles. The highest BCUT2D eigenvalue weighted by Gasteiger charge is 2.39. The third kappa shape index (κ3) is 2.97. The summed E-state index contributed by atoms with van der Waals surface area (Å²) in [5, 5.41) is 0. The summed E-state index contributed by atoms with van der Waals surface area (Å²) < 4.78 is 5.86. The summed E-state index contributed by atoms with van der Waals surface area (Å²) in [4.78, 5) is 0. The van der Waals surface area contributed by atoms with E-state index in [0.29, 0.717) is 6.04 Å². The second-order valence-electron chi connectivity index (χ2n) is 4.09. The molecule has 2 aliphatic rings. The van der Waals surface area contributed by atoms with Crippen LogP contribution in [0, 0.1) is 0 Å². The summed E-state index contributed by atoms with van der Waals surface area (Å²) in [6.07, 6.45) is 7.33. The van der Waals surface area contributed by atoms with Crippen molar-refractivity contribution in [3.8, 4) is 0 Å². The zero-order valence-electron chi connectivity index (χ0n) is 8.33. The van der Waals surface area contributed by atoms with Crippen molar-refractivity contribution in [3.63, 3.8) is 0 Å². The molecular weight excluding hydrogens is 223 g/mol. The molecule has 1 unspecified atom stereocenters. The van der Waals surface area contributed by atoms with E-state index in [1.165, 1.54) is 25.7 Å². The fourth-order valence-electron chi connectivity index (χ4n) is 2.54. The van der Waals surface area contributed by atoms with Crippen LogP contribution in [-0.2, 0) is 4.74 Å². The molecule has 1 spiro atoms. The van der Waals surface area contributed by atoms with E-state index in [1.807, 2.05) is 0 Å². The summed E-state index contributed by atoms with van der Waals surface area (Å²) in [5.74, 6) is 5.45. The van der Waals surface area contributed by atoms with Crippen LogP contribution < -0.4 is 11.3 Å². The van der Waals surface area contributed by atoms with Crippen LogP contribution in [0.15, 0.2) is 0 Å². The van der Waals surface area contributed by atoms with Gasteiger partial charge in [0, 0.05) is 12.6 Å². The fourth-order valence-corrected chi connectivity index (χ4v) is 2.54. The Balaban J connectivity index is 0.000000845. The lowest BCUT2D eigenvalue weighted by atomic mass is 9.89. The van der Waals surface area contributed by atoms with Gasteiger partial charge in [0.05, 0.1) is 5.60 Å². The van der Waals surface area contributed by atoms with Gasteiger partial charge in [-0.25, -0.2) is 0 Å². The zero-order valence-corrected chi connectivity index (χ0v) is 9.96. The van der Waals surface area contributed by atoms with E-state index in [1.54, 1.807) is 0 Å². The Labute approximate surface area is 97.9 Å². The van der Waals surface area contributed by atoms with Crippen molar-refractivity contribution >= 4 is 24.8 Å². The number of hydrogen-bond acceptors (Lipinski definition) is 3. The van der Waals surface area contributed by atoms with Gasteiger partial charge in [0.2, 0.25) is 0 Å². The Morgan fingerprint density at radius 3 is 2.43 bits per heavy atom. The van der Waals surface area contributed by atoms with Crippen LogP contribution >= 0.6 is 24.8 Å². The average molecular weight is 243 g/mol. The molecule has 1 aliphatic carbocycles. The van der Waals surface area contributed by atoms with Gasteiger partial charge in [-0.2, -0.15) is 0 Å². The largest absolute Gasteiger partial charge is 0.375 e. The van der Waals surface area contributed by atoms with Crippen LogP contribution in [0.3, 0.4) is 0 Å². The lowest BCUT2D eigenvalue weighted by molar-refractivity contribution is -0.0835. The minimum atomic E-state index is 0. The number of hydrazine groups is 1. The monoisotopic (exact) mass is 242 g/mol. The Hall–Kier alpha value is 0.460. The van der Waals surface area contributed by atoms with Gasteiger partial charge < -0.3 is 4.74 Å². The Kier molecular flexibility index (Phi) is 6.33. The molecule has 0 bridgehead atoms. The first-order chi connectivity index (χ1) is 5.85. The molecule has 1 aliphatic heterocycles. The maximum absolute atomic E-state index is 5.86. The van der Waals surface area contributed by atoms with Crippen LogP contribution in [0.4, 0.5) is 0 Å². The summed E-state index contributed by atoms with van der Waals surface area (Å²) in [6, 6.07) is 0.483. The van der Waals surface area contributed by atoms with E-state index in [9.17, 15) is 0 Å². The number of nitrogens with one attached hydrogen (secondary N) is 1. The van der Waals surface area contributed by atoms with Gasteiger partial charge in [-0.15, -0.1) is 24.8 Å². The summed E-state index contributed by atoms with van der Waals surface area (Å²) in [6.45, 7) is 0.884. The second kappa shape index (κ2) is 6.13. The minimum Gasteiger partial charge on any atom is -0.375 e. The van der Waals surface area contributed by atoms with Crippen molar-refractivity contribution in [1.82, 2.24) is 5.43 Å². The number of nitrogens with two attached hydrogens (primary N) is 1. The molecule has 2 fully saturated rings. The van der Waals surface area contributed by atoms with Gasteiger partial charge in [0.25, 0.3) is 0 Å². The Morgan fingerprint density at radius 1 is 1.21 bits per heavy atom. The van der Waals surface area contributed by atoms with E-state index in [0.717, 1.165) is 19.4 Å². The van der Waals surface area contributed by atoms with Gasteiger partial charge >= 0.3 is 0 Å². The lowest BCUT2D eigenvalue weighted by Crippen LogP contribution is -2.47. The molecular formula is C9H20Cl2N2O. The van der Waals surface area contributed by atoms with Gasteiger partial charge in [0.15, 0.2) is 0 Å². The van der Waals surface area contributed by atoms with Crippen LogP contribution in [0.25, 0.3) is 0 Å². The predicted octanol–water partition coefficient (Wildman–Crippen LogP) is 1.79. The highest BCUT2D eigenvalue weighted by molar-refractivity contribution is 5.85. The molecule has 0 aromatic carbocycles. The van der Waals surface area contributed by atoms with Crippen molar-refractivity contribution in [2.75, 3.05) is 6.61 Å². The van der Waals surface area contributed by atoms with Crippen LogP contribution in [0.2, 0.25) is 0 Å². The fraction of sp³-hybridized carbons (Fsp3) is 1.00. The highest BCUT2D eigenvalue weighted by Crippen LogP contribution is 2.39. The summed E-state index contributed by atoms with van der Waals surface area (Å²) in [5.41, 5.74) is 3.08. The Bertz CT molecular complexity index is 163. The Morgan fingerprint density at radius 2 is 1.86 bits per heavy atom. The molecule has 86 valence electrons. The maximum atomic E-state index is 5.86. The third-order valence-corrected chi connectivity index (χ3v) is 3.24.